The van der Waals surface area contributed by atoms with Crippen LogP contribution < -0.4 is 5.32 Å². The number of aryl methyl sites for hydroxylation is 1. The van der Waals surface area contributed by atoms with Gasteiger partial charge in [0.15, 0.2) is 0 Å². The number of hydrogen-bond acceptors (Lipinski definition) is 3. The molecule has 5 heteroatoms. The third kappa shape index (κ3) is 3.36. The minimum Gasteiger partial charge on any atom is -0.394 e. The van der Waals surface area contributed by atoms with Crippen LogP contribution in [0.1, 0.15) is 27.7 Å². The number of nitrogens with one attached hydrogen (secondary N) is 1. The first-order chi connectivity index (χ1) is 11.7. The molecule has 1 amide bonds. The second-order valence-corrected chi connectivity index (χ2v) is 5.53. The Morgan fingerprint density at radius 1 is 1.12 bits per heavy atom. The Hall–Kier alpha value is -2.92. The number of hydrogen-bond donors (Lipinski definition) is 2. The van der Waals surface area contributed by atoms with Gasteiger partial charge in [0.25, 0.3) is 5.91 Å². The lowest BCUT2D eigenvalue weighted by atomic mass is 10.1. The standard InChI is InChI=1S/C19H19N3O2/c1-14-17(12-22(21-14)16-10-6-3-7-11-16)19(24)20-18(13-23)15-8-4-2-5-9-15/h2-12,18,23H,13H2,1H3,(H,20,24)/t18-/m1/s1. The van der Waals surface area contributed by atoms with E-state index in [0.717, 1.165) is 11.3 Å². The molecule has 2 aromatic carbocycles. The zero-order valence-electron chi connectivity index (χ0n) is 13.4. The number of carbonyl (C=O) groups is 1. The largest absolute Gasteiger partial charge is 0.394 e. The van der Waals surface area contributed by atoms with E-state index in [1.165, 1.54) is 0 Å². The lowest BCUT2D eigenvalue weighted by Gasteiger charge is -2.16. The van der Waals surface area contributed by atoms with Crippen molar-refractivity contribution in [3.63, 3.8) is 0 Å². The first kappa shape index (κ1) is 16.0. The summed E-state index contributed by atoms with van der Waals surface area (Å²) in [6.45, 7) is 1.63. The average molecular weight is 321 g/mol. The maximum absolute atomic E-state index is 12.6. The number of aromatic nitrogens is 2. The minimum atomic E-state index is -0.446. The smallest absolute Gasteiger partial charge is 0.255 e. The second-order valence-electron chi connectivity index (χ2n) is 5.53. The van der Waals surface area contributed by atoms with Crippen LogP contribution in [0.3, 0.4) is 0 Å². The summed E-state index contributed by atoms with van der Waals surface area (Å²) in [4.78, 5) is 12.6. The first-order valence-corrected chi connectivity index (χ1v) is 7.77. The Labute approximate surface area is 140 Å². The average Bonchev–Trinajstić information content (AvgIpc) is 3.03. The Balaban J connectivity index is 1.81. The Morgan fingerprint density at radius 2 is 1.75 bits per heavy atom. The van der Waals surface area contributed by atoms with Crippen molar-refractivity contribution in [2.75, 3.05) is 6.61 Å². The summed E-state index contributed by atoms with van der Waals surface area (Å²) < 4.78 is 1.68. The Morgan fingerprint density at radius 3 is 2.38 bits per heavy atom. The predicted octanol–water partition coefficient (Wildman–Crippen LogP) is 2.64. The van der Waals surface area contributed by atoms with E-state index in [9.17, 15) is 9.90 Å². The van der Waals surface area contributed by atoms with E-state index in [4.69, 9.17) is 0 Å². The lowest BCUT2D eigenvalue weighted by molar-refractivity contribution is 0.0915. The highest BCUT2D eigenvalue weighted by Gasteiger charge is 2.18. The molecule has 2 N–H and O–H groups in total. The topological polar surface area (TPSA) is 67.2 Å². The van der Waals surface area contributed by atoms with Crippen LogP contribution in [0.5, 0.6) is 0 Å². The number of rotatable bonds is 5. The van der Waals surface area contributed by atoms with Crippen LogP contribution in [0.2, 0.25) is 0 Å². The molecule has 1 heterocycles. The van der Waals surface area contributed by atoms with Crippen molar-refractivity contribution in [3.8, 4) is 5.69 Å². The van der Waals surface area contributed by atoms with Crippen molar-refractivity contribution in [3.05, 3.63) is 83.7 Å². The third-order valence-electron chi connectivity index (χ3n) is 3.85. The maximum atomic E-state index is 12.6. The van der Waals surface area contributed by atoms with E-state index >= 15 is 0 Å². The predicted molar refractivity (Wildman–Crippen MR) is 92.0 cm³/mol. The molecule has 3 rings (SSSR count). The Bertz CT molecular complexity index is 813. The van der Waals surface area contributed by atoms with E-state index < -0.39 is 6.04 Å². The van der Waals surface area contributed by atoms with Gasteiger partial charge in [-0.3, -0.25) is 4.79 Å². The van der Waals surface area contributed by atoms with Gasteiger partial charge in [0, 0.05) is 6.20 Å². The number of carbonyl (C=O) groups excluding carboxylic acids is 1. The monoisotopic (exact) mass is 321 g/mol. The molecule has 0 fully saturated rings. The molecule has 0 spiro atoms. The van der Waals surface area contributed by atoms with Crippen LogP contribution in [0.15, 0.2) is 66.9 Å². The molecule has 1 atom stereocenters. The SMILES string of the molecule is Cc1nn(-c2ccccc2)cc1C(=O)N[C@H](CO)c1ccccc1. The van der Waals surface area contributed by atoms with Crippen molar-refractivity contribution in [1.82, 2.24) is 15.1 Å². The van der Waals surface area contributed by atoms with Gasteiger partial charge < -0.3 is 10.4 Å². The summed E-state index contributed by atoms with van der Waals surface area (Å²) in [5.74, 6) is -0.252. The molecule has 0 radical (unpaired) electrons. The fraction of sp³-hybridized carbons (Fsp3) is 0.158. The molecular weight excluding hydrogens is 302 g/mol. The van der Waals surface area contributed by atoms with Gasteiger partial charge in [0.2, 0.25) is 0 Å². The molecule has 0 unspecified atom stereocenters. The minimum absolute atomic E-state index is 0.165. The zero-order chi connectivity index (χ0) is 16.9. The van der Waals surface area contributed by atoms with Gasteiger partial charge in [-0.05, 0) is 24.6 Å². The van der Waals surface area contributed by atoms with Gasteiger partial charge in [0.05, 0.1) is 29.6 Å². The number of amides is 1. The van der Waals surface area contributed by atoms with Crippen molar-refractivity contribution in [2.45, 2.75) is 13.0 Å². The van der Waals surface area contributed by atoms with Crippen molar-refractivity contribution in [1.29, 1.82) is 0 Å². The zero-order valence-corrected chi connectivity index (χ0v) is 13.4. The highest BCUT2D eigenvalue weighted by molar-refractivity contribution is 5.95. The number of aliphatic hydroxyl groups is 1. The normalized spacial score (nSPS) is 11.9. The summed E-state index contributed by atoms with van der Waals surface area (Å²) in [6, 6.07) is 18.6. The third-order valence-corrected chi connectivity index (χ3v) is 3.85. The second kappa shape index (κ2) is 7.10. The maximum Gasteiger partial charge on any atom is 0.255 e. The number of para-hydroxylation sites is 1. The molecule has 0 aliphatic rings. The molecule has 3 aromatic rings. The molecule has 0 aliphatic heterocycles. The summed E-state index contributed by atoms with van der Waals surface area (Å²) in [5.41, 5.74) is 2.89. The van der Waals surface area contributed by atoms with Crippen LogP contribution in [0.4, 0.5) is 0 Å². The number of aliphatic hydroxyl groups excluding tert-OH is 1. The molecule has 24 heavy (non-hydrogen) atoms. The summed E-state index contributed by atoms with van der Waals surface area (Å²) >= 11 is 0. The molecule has 0 saturated heterocycles. The molecule has 5 nitrogen and oxygen atoms in total. The summed E-state index contributed by atoms with van der Waals surface area (Å²) in [6.07, 6.45) is 1.71. The van der Waals surface area contributed by atoms with Crippen molar-refractivity contribution in [2.24, 2.45) is 0 Å². The van der Waals surface area contributed by atoms with Gasteiger partial charge in [-0.1, -0.05) is 48.5 Å². The van der Waals surface area contributed by atoms with Gasteiger partial charge in [-0.25, -0.2) is 4.68 Å². The van der Waals surface area contributed by atoms with Crippen molar-refractivity contribution < 1.29 is 9.90 Å². The number of benzene rings is 2. The highest BCUT2D eigenvalue weighted by Crippen LogP contribution is 2.15. The van der Waals surface area contributed by atoms with Crippen molar-refractivity contribution >= 4 is 5.91 Å². The Kier molecular flexibility index (Phi) is 4.72. The van der Waals surface area contributed by atoms with E-state index in [1.807, 2.05) is 60.7 Å². The summed E-state index contributed by atoms with van der Waals surface area (Å²) in [5, 5.41) is 16.9. The highest BCUT2D eigenvalue weighted by atomic mass is 16.3. The number of nitrogens with zero attached hydrogens (tertiary/aromatic N) is 2. The quantitative estimate of drug-likeness (QED) is 0.759. The van der Waals surface area contributed by atoms with E-state index in [2.05, 4.69) is 10.4 Å². The molecule has 1 aromatic heterocycles. The fourth-order valence-corrected chi connectivity index (χ4v) is 2.55. The fourth-order valence-electron chi connectivity index (χ4n) is 2.55. The van der Waals surface area contributed by atoms with Crippen LogP contribution in [0.25, 0.3) is 5.69 Å². The molecule has 0 saturated carbocycles. The molecule has 0 aliphatic carbocycles. The molecule has 0 bridgehead atoms. The lowest BCUT2D eigenvalue weighted by Crippen LogP contribution is -2.31. The first-order valence-electron chi connectivity index (χ1n) is 7.77. The van der Waals surface area contributed by atoms with Gasteiger partial charge in [0.1, 0.15) is 0 Å². The van der Waals surface area contributed by atoms with Crippen LogP contribution in [-0.2, 0) is 0 Å². The van der Waals surface area contributed by atoms with Gasteiger partial charge in [-0.2, -0.15) is 5.10 Å². The van der Waals surface area contributed by atoms with E-state index in [-0.39, 0.29) is 12.5 Å². The van der Waals surface area contributed by atoms with E-state index in [1.54, 1.807) is 17.8 Å². The van der Waals surface area contributed by atoms with Gasteiger partial charge in [-0.15, -0.1) is 0 Å². The van der Waals surface area contributed by atoms with Gasteiger partial charge >= 0.3 is 0 Å². The van der Waals surface area contributed by atoms with Crippen LogP contribution in [-0.4, -0.2) is 27.4 Å². The molecule has 122 valence electrons. The van der Waals surface area contributed by atoms with E-state index in [0.29, 0.717) is 11.3 Å². The summed E-state index contributed by atoms with van der Waals surface area (Å²) in [7, 11) is 0. The van der Waals surface area contributed by atoms with Crippen LogP contribution >= 0.6 is 0 Å². The molecular formula is C19H19N3O2. The van der Waals surface area contributed by atoms with Crippen LogP contribution in [0, 0.1) is 6.92 Å².